The second-order valence-electron chi connectivity index (χ2n) is 10.2. The fourth-order valence-electron chi connectivity index (χ4n) is 4.11. The second kappa shape index (κ2) is 13.9. The van der Waals surface area contributed by atoms with E-state index in [1.165, 1.54) is 17.0 Å². The highest BCUT2D eigenvalue weighted by atomic mass is 35.5. The van der Waals surface area contributed by atoms with E-state index in [9.17, 15) is 18.0 Å². The highest BCUT2D eigenvalue weighted by Gasteiger charge is 2.34. The van der Waals surface area contributed by atoms with Crippen LogP contribution < -0.4 is 9.62 Å². The summed E-state index contributed by atoms with van der Waals surface area (Å²) in [6.45, 7) is 8.74. The van der Waals surface area contributed by atoms with E-state index < -0.39 is 28.5 Å². The van der Waals surface area contributed by atoms with E-state index in [2.05, 4.69) is 5.32 Å². The Morgan fingerprint density at radius 3 is 2.00 bits per heavy atom. The number of nitrogens with zero attached hydrogens (tertiary/aromatic N) is 2. The highest BCUT2D eigenvalue weighted by molar-refractivity contribution is 7.92. The van der Waals surface area contributed by atoms with Gasteiger partial charge in [-0.1, -0.05) is 78.5 Å². The summed E-state index contributed by atoms with van der Waals surface area (Å²) in [6, 6.07) is 15.2. The van der Waals surface area contributed by atoms with Crippen molar-refractivity contribution in [1.82, 2.24) is 10.2 Å². The molecular formula is C30H34Cl3N3O4S. The Morgan fingerprint density at radius 2 is 1.41 bits per heavy atom. The van der Waals surface area contributed by atoms with Gasteiger partial charge in [-0.25, -0.2) is 8.42 Å². The van der Waals surface area contributed by atoms with Gasteiger partial charge in [0.15, 0.2) is 0 Å². The van der Waals surface area contributed by atoms with Crippen molar-refractivity contribution < 1.29 is 18.0 Å². The number of rotatable bonds is 11. The van der Waals surface area contributed by atoms with Gasteiger partial charge < -0.3 is 10.2 Å². The number of carbonyl (C=O) groups is 2. The number of hydrogen-bond donors (Lipinski definition) is 1. The highest BCUT2D eigenvalue weighted by Crippen LogP contribution is 2.32. The zero-order chi connectivity index (χ0) is 30.5. The first-order valence-corrected chi connectivity index (χ1v) is 15.7. The summed E-state index contributed by atoms with van der Waals surface area (Å²) in [5, 5.41) is 3.83. The molecule has 0 radical (unpaired) electrons. The van der Waals surface area contributed by atoms with Crippen molar-refractivity contribution >= 4 is 62.3 Å². The summed E-state index contributed by atoms with van der Waals surface area (Å²) in [5.41, 5.74) is 2.06. The lowest BCUT2D eigenvalue weighted by Crippen LogP contribution is -2.51. The number of sulfonamides is 1. The number of carbonyl (C=O) groups excluding carboxylic acids is 2. The molecule has 1 atom stereocenters. The van der Waals surface area contributed by atoms with Crippen molar-refractivity contribution in [3.05, 3.63) is 92.4 Å². The van der Waals surface area contributed by atoms with Crippen LogP contribution in [0.2, 0.25) is 15.1 Å². The Labute approximate surface area is 257 Å². The van der Waals surface area contributed by atoms with E-state index in [1.807, 2.05) is 20.8 Å². The topological polar surface area (TPSA) is 86.8 Å². The van der Waals surface area contributed by atoms with Gasteiger partial charge >= 0.3 is 0 Å². The molecule has 0 saturated carbocycles. The molecule has 0 unspecified atom stereocenters. The van der Waals surface area contributed by atoms with Gasteiger partial charge in [-0.2, -0.15) is 0 Å². The Balaban J connectivity index is 2.10. The summed E-state index contributed by atoms with van der Waals surface area (Å²) < 4.78 is 29.0. The van der Waals surface area contributed by atoms with E-state index in [0.717, 1.165) is 9.87 Å². The first-order valence-electron chi connectivity index (χ1n) is 13.1. The number of hydrogen-bond acceptors (Lipinski definition) is 4. The Morgan fingerprint density at radius 1 is 0.854 bits per heavy atom. The number of aryl methyl sites for hydroxylation is 1. The summed E-state index contributed by atoms with van der Waals surface area (Å²) in [5.74, 6) is -0.820. The zero-order valence-corrected chi connectivity index (χ0v) is 26.7. The fraction of sp³-hybridized carbons (Fsp3) is 0.333. The average Bonchev–Trinajstić information content (AvgIpc) is 2.91. The van der Waals surface area contributed by atoms with E-state index in [0.29, 0.717) is 32.7 Å². The molecular weight excluding hydrogens is 605 g/mol. The largest absolute Gasteiger partial charge is 0.354 e. The van der Waals surface area contributed by atoms with Crippen LogP contribution in [0.3, 0.4) is 0 Å². The molecule has 7 nitrogen and oxygen atoms in total. The molecule has 0 spiro atoms. The van der Waals surface area contributed by atoms with Crippen LogP contribution in [0.1, 0.15) is 37.5 Å². The van der Waals surface area contributed by atoms with Crippen molar-refractivity contribution in [2.24, 2.45) is 5.92 Å². The molecule has 2 amide bonds. The maximum absolute atomic E-state index is 14.1. The number of amides is 2. The molecule has 1 N–H and O–H groups in total. The van der Waals surface area contributed by atoms with Crippen LogP contribution in [0.25, 0.3) is 0 Å². The maximum Gasteiger partial charge on any atom is 0.264 e. The van der Waals surface area contributed by atoms with Crippen molar-refractivity contribution in [2.45, 2.75) is 52.1 Å². The van der Waals surface area contributed by atoms with Gasteiger partial charge in [0.05, 0.1) is 10.6 Å². The lowest BCUT2D eigenvalue weighted by atomic mass is 10.1. The molecule has 0 aliphatic carbocycles. The van der Waals surface area contributed by atoms with Crippen molar-refractivity contribution in [1.29, 1.82) is 0 Å². The van der Waals surface area contributed by atoms with Gasteiger partial charge in [0, 0.05) is 33.7 Å². The Bertz CT molecular complexity index is 1490. The summed E-state index contributed by atoms with van der Waals surface area (Å²) in [4.78, 5) is 28.5. The van der Waals surface area contributed by atoms with Gasteiger partial charge in [-0.15, -0.1) is 0 Å². The van der Waals surface area contributed by atoms with E-state index in [-0.39, 0.29) is 29.0 Å². The number of anilines is 1. The van der Waals surface area contributed by atoms with Gasteiger partial charge in [-0.05, 0) is 68.7 Å². The fourth-order valence-corrected chi connectivity index (χ4v) is 6.26. The molecule has 0 heterocycles. The normalized spacial score (nSPS) is 12.2. The Kier molecular flexibility index (Phi) is 11.1. The lowest BCUT2D eigenvalue weighted by molar-refractivity contribution is -0.139. The van der Waals surface area contributed by atoms with Crippen molar-refractivity contribution in [3.63, 3.8) is 0 Å². The van der Waals surface area contributed by atoms with Crippen LogP contribution >= 0.6 is 34.8 Å². The van der Waals surface area contributed by atoms with Crippen LogP contribution in [0.15, 0.2) is 65.6 Å². The molecule has 0 aromatic heterocycles. The number of benzene rings is 3. The van der Waals surface area contributed by atoms with Gasteiger partial charge in [-0.3, -0.25) is 13.9 Å². The van der Waals surface area contributed by atoms with E-state index >= 15 is 0 Å². The Hall–Kier alpha value is -2.78. The number of nitrogens with one attached hydrogen (secondary N) is 1. The maximum atomic E-state index is 14.1. The third-order valence-corrected chi connectivity index (χ3v) is 9.53. The molecule has 0 aliphatic rings. The SMILES string of the molecule is Cc1ccc(S(=O)(=O)N(CC(=O)N(Cc2c(Cl)cccc2Cl)[C@@H](C)C(=O)NCC(C)C)c2cccc(Cl)c2C)cc1. The van der Waals surface area contributed by atoms with Crippen LogP contribution in [-0.4, -0.2) is 44.3 Å². The minimum atomic E-state index is -4.22. The van der Waals surface area contributed by atoms with Gasteiger partial charge in [0.25, 0.3) is 10.0 Å². The summed E-state index contributed by atoms with van der Waals surface area (Å²) in [7, 11) is -4.22. The summed E-state index contributed by atoms with van der Waals surface area (Å²) >= 11 is 19.2. The lowest BCUT2D eigenvalue weighted by Gasteiger charge is -2.33. The van der Waals surface area contributed by atoms with Crippen LogP contribution in [-0.2, 0) is 26.2 Å². The predicted molar refractivity (Wildman–Crippen MR) is 166 cm³/mol. The molecule has 3 aromatic rings. The van der Waals surface area contributed by atoms with E-state index in [4.69, 9.17) is 34.8 Å². The first kappa shape index (κ1) is 32.7. The monoisotopic (exact) mass is 637 g/mol. The van der Waals surface area contributed by atoms with Crippen LogP contribution in [0.4, 0.5) is 5.69 Å². The standard InChI is InChI=1S/C30H34Cl3N3O4S/c1-19(2)16-34-30(38)22(5)35(17-24-26(32)9-6-10-27(24)33)29(37)18-36(28-11-7-8-25(31)21(28)4)41(39,40)23-14-12-20(3)13-15-23/h6-15,19,22H,16-18H2,1-5H3,(H,34,38)/t22-/m0/s1. The second-order valence-corrected chi connectivity index (χ2v) is 13.3. The molecule has 3 aromatic carbocycles. The molecule has 11 heteroatoms. The molecule has 0 aliphatic heterocycles. The van der Waals surface area contributed by atoms with Crippen LogP contribution in [0.5, 0.6) is 0 Å². The molecule has 41 heavy (non-hydrogen) atoms. The van der Waals surface area contributed by atoms with Crippen molar-refractivity contribution in [3.8, 4) is 0 Å². The molecule has 3 rings (SSSR count). The molecule has 220 valence electrons. The third-order valence-electron chi connectivity index (χ3n) is 6.64. The minimum absolute atomic E-state index is 0.0127. The van der Waals surface area contributed by atoms with Crippen LogP contribution in [0, 0.1) is 19.8 Å². The minimum Gasteiger partial charge on any atom is -0.354 e. The number of halogens is 3. The molecule has 0 fully saturated rings. The summed E-state index contributed by atoms with van der Waals surface area (Å²) in [6.07, 6.45) is 0. The molecule has 0 bridgehead atoms. The average molecular weight is 639 g/mol. The first-order chi connectivity index (χ1) is 19.2. The zero-order valence-electron chi connectivity index (χ0n) is 23.6. The molecule has 0 saturated heterocycles. The quantitative estimate of drug-likeness (QED) is 0.255. The predicted octanol–water partition coefficient (Wildman–Crippen LogP) is 6.65. The van der Waals surface area contributed by atoms with E-state index in [1.54, 1.807) is 62.4 Å². The third kappa shape index (κ3) is 7.95. The van der Waals surface area contributed by atoms with Gasteiger partial charge in [0.1, 0.15) is 12.6 Å². The van der Waals surface area contributed by atoms with Gasteiger partial charge in [0.2, 0.25) is 11.8 Å². The van der Waals surface area contributed by atoms with Crippen molar-refractivity contribution in [2.75, 3.05) is 17.4 Å². The smallest absolute Gasteiger partial charge is 0.264 e.